The molecule has 0 fully saturated rings. The van der Waals surface area contributed by atoms with E-state index in [1.807, 2.05) is 24.5 Å². The topological polar surface area (TPSA) is 62.7 Å². The summed E-state index contributed by atoms with van der Waals surface area (Å²) in [5, 5.41) is 10.3. The number of carbonyl (C=O) groups is 1. The number of hydrogen-bond donors (Lipinski definition) is 2. The lowest BCUT2D eigenvalue weighted by molar-refractivity contribution is 0.101. The molecular formula is C14H19ClN4O. The van der Waals surface area contributed by atoms with Crippen LogP contribution in [0, 0.1) is 0 Å². The summed E-state index contributed by atoms with van der Waals surface area (Å²) in [6.07, 6.45) is 3.70. The van der Waals surface area contributed by atoms with Gasteiger partial charge in [0, 0.05) is 24.0 Å². The molecule has 108 valence electrons. The zero-order chi connectivity index (χ0) is 14.7. The Morgan fingerprint density at radius 3 is 2.90 bits per heavy atom. The molecule has 20 heavy (non-hydrogen) atoms. The minimum atomic E-state index is -0.208. The van der Waals surface area contributed by atoms with E-state index in [1.165, 1.54) is 0 Å². The Labute approximate surface area is 123 Å². The molecule has 0 aliphatic carbocycles. The molecule has 2 aromatic rings. The monoisotopic (exact) mass is 294 g/mol. The third-order valence-electron chi connectivity index (χ3n) is 3.00. The molecule has 6 heteroatoms. The molecule has 2 N–H and O–H groups in total. The summed E-state index contributed by atoms with van der Waals surface area (Å²) >= 11 is 5.98. The van der Waals surface area contributed by atoms with E-state index in [-0.39, 0.29) is 11.9 Å². The van der Waals surface area contributed by atoms with Crippen molar-refractivity contribution >= 4 is 23.3 Å². The van der Waals surface area contributed by atoms with Gasteiger partial charge in [-0.15, -0.1) is 0 Å². The fourth-order valence-corrected chi connectivity index (χ4v) is 2.27. The predicted octanol–water partition coefficient (Wildman–Crippen LogP) is 3.65. The number of anilines is 1. The molecule has 2 rings (SSSR count). The van der Waals surface area contributed by atoms with Crippen LogP contribution in [0.3, 0.4) is 0 Å². The van der Waals surface area contributed by atoms with Crippen molar-refractivity contribution in [2.75, 3.05) is 5.32 Å². The van der Waals surface area contributed by atoms with Crippen LogP contribution in [0.15, 0.2) is 18.3 Å². The molecule has 1 amide bonds. The minimum absolute atomic E-state index is 0.165. The number of aromatic amines is 1. The van der Waals surface area contributed by atoms with Crippen molar-refractivity contribution in [2.45, 2.75) is 39.7 Å². The van der Waals surface area contributed by atoms with Crippen molar-refractivity contribution in [3.05, 3.63) is 34.7 Å². The number of aryl methyl sites for hydroxylation is 1. The number of aromatic nitrogens is 3. The van der Waals surface area contributed by atoms with Crippen LogP contribution in [0.5, 0.6) is 0 Å². The number of amides is 1. The average molecular weight is 295 g/mol. The third kappa shape index (κ3) is 3.22. The van der Waals surface area contributed by atoms with Gasteiger partial charge in [-0.2, -0.15) is 5.10 Å². The number of rotatable bonds is 5. The smallest absolute Gasteiger partial charge is 0.273 e. The van der Waals surface area contributed by atoms with Gasteiger partial charge >= 0.3 is 0 Å². The number of nitrogens with one attached hydrogen (secondary N) is 2. The highest BCUT2D eigenvalue weighted by molar-refractivity contribution is 6.31. The summed E-state index contributed by atoms with van der Waals surface area (Å²) < 4.78 is 1.84. The maximum atomic E-state index is 12.3. The van der Waals surface area contributed by atoms with Crippen LogP contribution in [0.1, 0.15) is 49.4 Å². The van der Waals surface area contributed by atoms with Gasteiger partial charge in [-0.25, -0.2) is 0 Å². The summed E-state index contributed by atoms with van der Waals surface area (Å²) in [5.41, 5.74) is 1.55. The summed E-state index contributed by atoms with van der Waals surface area (Å²) in [6.45, 7) is 6.10. The van der Waals surface area contributed by atoms with E-state index in [9.17, 15) is 4.79 Å². The summed E-state index contributed by atoms with van der Waals surface area (Å²) in [6, 6.07) is 3.68. The quantitative estimate of drug-likeness (QED) is 0.884. The predicted molar refractivity (Wildman–Crippen MR) is 80.4 cm³/mol. The highest BCUT2D eigenvalue weighted by Crippen LogP contribution is 2.20. The lowest BCUT2D eigenvalue weighted by Gasteiger charge is -2.11. The van der Waals surface area contributed by atoms with Gasteiger partial charge in [-0.05, 0) is 26.3 Å². The van der Waals surface area contributed by atoms with Crippen LogP contribution in [-0.4, -0.2) is 20.7 Å². The fraction of sp³-hybridized carbons (Fsp3) is 0.429. The van der Waals surface area contributed by atoms with Crippen LogP contribution in [-0.2, 0) is 6.42 Å². The van der Waals surface area contributed by atoms with Gasteiger partial charge in [0.2, 0.25) is 0 Å². The fourth-order valence-electron chi connectivity index (χ4n) is 2.06. The molecule has 0 radical (unpaired) electrons. The van der Waals surface area contributed by atoms with E-state index >= 15 is 0 Å². The van der Waals surface area contributed by atoms with Gasteiger partial charge in [-0.3, -0.25) is 9.89 Å². The highest BCUT2D eigenvalue weighted by atomic mass is 35.5. The summed E-state index contributed by atoms with van der Waals surface area (Å²) in [4.78, 5) is 12.3. The maximum absolute atomic E-state index is 12.3. The number of halogens is 1. The molecule has 0 saturated heterocycles. The van der Waals surface area contributed by atoms with Gasteiger partial charge in [0.15, 0.2) is 5.82 Å². The van der Waals surface area contributed by atoms with E-state index in [0.29, 0.717) is 16.5 Å². The van der Waals surface area contributed by atoms with Gasteiger partial charge in [0.05, 0.1) is 5.02 Å². The molecular weight excluding hydrogens is 276 g/mol. The van der Waals surface area contributed by atoms with Gasteiger partial charge in [0.25, 0.3) is 5.91 Å². The van der Waals surface area contributed by atoms with Crippen molar-refractivity contribution in [1.29, 1.82) is 0 Å². The Morgan fingerprint density at radius 1 is 1.50 bits per heavy atom. The normalized spacial score (nSPS) is 11.1. The Hall–Kier alpha value is -1.75. The molecule has 0 aliphatic rings. The second kappa shape index (κ2) is 6.13. The molecule has 0 bridgehead atoms. The van der Waals surface area contributed by atoms with Crippen LogP contribution in [0.4, 0.5) is 5.82 Å². The molecule has 0 aromatic carbocycles. The number of carbonyl (C=O) groups excluding carboxylic acids is 1. The van der Waals surface area contributed by atoms with Gasteiger partial charge in [-0.1, -0.05) is 24.9 Å². The standard InChI is InChI=1S/C14H19ClN4O/c1-4-5-11-7-13(18-17-11)16-14(20)12-6-10(15)8-19(12)9(2)3/h6-9H,4-5H2,1-3H3,(H2,16,17,18,20). The van der Waals surface area contributed by atoms with Crippen molar-refractivity contribution < 1.29 is 4.79 Å². The molecule has 5 nitrogen and oxygen atoms in total. The molecule has 2 aromatic heterocycles. The lowest BCUT2D eigenvalue weighted by atomic mass is 10.2. The molecule has 0 atom stereocenters. The van der Waals surface area contributed by atoms with E-state index in [1.54, 1.807) is 12.3 Å². The first-order chi connectivity index (χ1) is 9.51. The lowest BCUT2D eigenvalue weighted by Crippen LogP contribution is -2.17. The second-order valence-corrected chi connectivity index (χ2v) is 5.46. The Morgan fingerprint density at radius 2 is 2.25 bits per heavy atom. The van der Waals surface area contributed by atoms with Crippen molar-refractivity contribution in [3.8, 4) is 0 Å². The van der Waals surface area contributed by atoms with Crippen LogP contribution in [0.25, 0.3) is 0 Å². The molecule has 0 unspecified atom stereocenters. The summed E-state index contributed by atoms with van der Waals surface area (Å²) in [5.74, 6) is 0.325. The van der Waals surface area contributed by atoms with E-state index in [2.05, 4.69) is 22.4 Å². The first-order valence-electron chi connectivity index (χ1n) is 6.74. The largest absolute Gasteiger partial charge is 0.339 e. The number of hydrogen-bond acceptors (Lipinski definition) is 2. The molecule has 0 aliphatic heterocycles. The van der Waals surface area contributed by atoms with Gasteiger partial charge in [0.1, 0.15) is 5.69 Å². The van der Waals surface area contributed by atoms with Crippen molar-refractivity contribution in [1.82, 2.24) is 14.8 Å². The maximum Gasteiger partial charge on any atom is 0.273 e. The average Bonchev–Trinajstić information content (AvgIpc) is 2.96. The third-order valence-corrected chi connectivity index (χ3v) is 3.20. The minimum Gasteiger partial charge on any atom is -0.339 e. The Balaban J connectivity index is 2.15. The molecule has 0 spiro atoms. The van der Waals surface area contributed by atoms with E-state index in [4.69, 9.17) is 11.6 Å². The first-order valence-corrected chi connectivity index (χ1v) is 7.12. The van der Waals surface area contributed by atoms with E-state index < -0.39 is 0 Å². The SMILES string of the molecule is CCCc1cc(NC(=O)c2cc(Cl)cn2C(C)C)n[nH]1. The Bertz CT molecular complexity index is 600. The van der Waals surface area contributed by atoms with Crippen molar-refractivity contribution in [2.24, 2.45) is 0 Å². The Kier molecular flexibility index (Phi) is 4.49. The summed E-state index contributed by atoms with van der Waals surface area (Å²) in [7, 11) is 0. The first kappa shape index (κ1) is 14.7. The molecule has 2 heterocycles. The number of nitrogens with zero attached hydrogens (tertiary/aromatic N) is 2. The van der Waals surface area contributed by atoms with Crippen LogP contribution in [0.2, 0.25) is 5.02 Å². The van der Waals surface area contributed by atoms with Crippen molar-refractivity contribution in [3.63, 3.8) is 0 Å². The second-order valence-electron chi connectivity index (χ2n) is 5.03. The molecule has 0 saturated carbocycles. The number of H-pyrrole nitrogens is 1. The highest BCUT2D eigenvalue weighted by Gasteiger charge is 2.16. The van der Waals surface area contributed by atoms with Gasteiger partial charge < -0.3 is 9.88 Å². The zero-order valence-electron chi connectivity index (χ0n) is 11.9. The van der Waals surface area contributed by atoms with E-state index in [0.717, 1.165) is 18.5 Å². The van der Waals surface area contributed by atoms with Crippen LogP contribution >= 0.6 is 11.6 Å². The zero-order valence-corrected chi connectivity index (χ0v) is 12.7. The van der Waals surface area contributed by atoms with Crippen LogP contribution < -0.4 is 5.32 Å².